The molecule has 27 heavy (non-hydrogen) atoms. The van der Waals surface area contributed by atoms with Gasteiger partial charge in [0.2, 0.25) is 17.6 Å². The van der Waals surface area contributed by atoms with Gasteiger partial charge in [0, 0.05) is 25.1 Å². The molecule has 1 aliphatic carbocycles. The Kier molecular flexibility index (Phi) is 5.08. The highest BCUT2D eigenvalue weighted by Crippen LogP contribution is 2.24. The van der Waals surface area contributed by atoms with Gasteiger partial charge in [0.1, 0.15) is 6.10 Å². The van der Waals surface area contributed by atoms with Crippen LogP contribution in [-0.4, -0.2) is 51.5 Å². The van der Waals surface area contributed by atoms with Gasteiger partial charge in [0.15, 0.2) is 5.69 Å². The molecule has 0 atom stereocenters. The number of hydrogen-bond donors (Lipinski definition) is 1. The second kappa shape index (κ2) is 7.81. The summed E-state index contributed by atoms with van der Waals surface area (Å²) in [6, 6.07) is 1.83. The monoisotopic (exact) mass is 373 g/mol. The van der Waals surface area contributed by atoms with Gasteiger partial charge in [-0.05, 0) is 25.7 Å². The van der Waals surface area contributed by atoms with Crippen LogP contribution in [0.15, 0.2) is 18.5 Å². The van der Waals surface area contributed by atoms with Gasteiger partial charge >= 0.3 is 0 Å². The summed E-state index contributed by atoms with van der Waals surface area (Å²) in [4.78, 5) is 20.7. The smallest absolute Gasteiger partial charge is 0.272 e. The number of hydrogen-bond acceptors (Lipinski definition) is 7. The maximum absolute atomic E-state index is 12.5. The van der Waals surface area contributed by atoms with Crippen LogP contribution >= 0.6 is 0 Å². The van der Waals surface area contributed by atoms with Gasteiger partial charge in [-0.1, -0.05) is 0 Å². The molecule has 2 aromatic rings. The van der Waals surface area contributed by atoms with E-state index in [0.717, 1.165) is 38.6 Å². The lowest BCUT2D eigenvalue weighted by molar-refractivity contribution is 0.0883. The molecule has 1 amide bonds. The van der Waals surface area contributed by atoms with Gasteiger partial charge in [-0.25, -0.2) is 4.68 Å². The van der Waals surface area contributed by atoms with E-state index in [2.05, 4.69) is 20.4 Å². The van der Waals surface area contributed by atoms with Crippen molar-refractivity contribution in [3.63, 3.8) is 0 Å². The number of nitrogens with zero attached hydrogens (tertiary/aromatic N) is 4. The number of carbonyl (C=O) groups excluding carboxylic acids is 1. The Hall–Kier alpha value is -2.84. The zero-order valence-electron chi connectivity index (χ0n) is 15.3. The molecular weight excluding hydrogens is 350 g/mol. The van der Waals surface area contributed by atoms with E-state index in [1.807, 2.05) is 0 Å². The quantitative estimate of drug-likeness (QED) is 0.849. The molecular formula is C18H23N5O4. The van der Waals surface area contributed by atoms with E-state index in [9.17, 15) is 4.79 Å². The average Bonchev–Trinajstić information content (AvgIpc) is 3.14. The summed E-state index contributed by atoms with van der Waals surface area (Å²) in [5.74, 6) is 1.41. The molecule has 1 saturated carbocycles. The lowest BCUT2D eigenvalue weighted by Crippen LogP contribution is -2.40. The summed E-state index contributed by atoms with van der Waals surface area (Å²) in [6.45, 7) is 1.46. The van der Waals surface area contributed by atoms with Gasteiger partial charge in [-0.3, -0.25) is 9.78 Å². The SMILES string of the molecule is COc1cncc(OC2CCC(NC(=O)c3cc4n(n3)CCCO4)CC2)n1. The number of carbonyl (C=O) groups is 1. The van der Waals surface area contributed by atoms with Crippen molar-refractivity contribution in [1.82, 2.24) is 25.1 Å². The largest absolute Gasteiger partial charge is 0.480 e. The second-order valence-corrected chi connectivity index (χ2v) is 6.76. The number of amides is 1. The lowest BCUT2D eigenvalue weighted by Gasteiger charge is -2.28. The fourth-order valence-corrected chi connectivity index (χ4v) is 3.42. The number of nitrogens with one attached hydrogen (secondary N) is 1. The first-order valence-corrected chi connectivity index (χ1v) is 9.25. The molecule has 1 fully saturated rings. The maximum atomic E-state index is 12.5. The van der Waals surface area contributed by atoms with Gasteiger partial charge in [-0.15, -0.1) is 0 Å². The molecule has 0 aromatic carbocycles. The Balaban J connectivity index is 1.27. The van der Waals surface area contributed by atoms with Gasteiger partial charge < -0.3 is 19.5 Å². The van der Waals surface area contributed by atoms with Crippen LogP contribution < -0.4 is 19.5 Å². The second-order valence-electron chi connectivity index (χ2n) is 6.76. The first kappa shape index (κ1) is 17.6. The van der Waals surface area contributed by atoms with E-state index in [4.69, 9.17) is 14.2 Å². The van der Waals surface area contributed by atoms with E-state index >= 15 is 0 Å². The predicted molar refractivity (Wildman–Crippen MR) is 95.1 cm³/mol. The molecule has 0 saturated heterocycles. The van der Waals surface area contributed by atoms with Crippen LogP contribution in [0, 0.1) is 0 Å². The Morgan fingerprint density at radius 3 is 2.85 bits per heavy atom. The van der Waals surface area contributed by atoms with Crippen LogP contribution in [0.4, 0.5) is 0 Å². The normalized spacial score (nSPS) is 21.7. The Morgan fingerprint density at radius 1 is 1.26 bits per heavy atom. The Labute approximate surface area is 157 Å². The van der Waals surface area contributed by atoms with Crippen molar-refractivity contribution in [3.05, 3.63) is 24.2 Å². The van der Waals surface area contributed by atoms with E-state index in [1.54, 1.807) is 24.1 Å². The molecule has 1 N–H and O–H groups in total. The summed E-state index contributed by atoms with van der Waals surface area (Å²) in [7, 11) is 1.55. The number of fused-ring (bicyclic) bond motifs is 1. The van der Waals surface area contributed by atoms with Crippen molar-refractivity contribution >= 4 is 5.91 Å². The van der Waals surface area contributed by atoms with E-state index in [1.165, 1.54) is 6.20 Å². The average molecular weight is 373 g/mol. The van der Waals surface area contributed by atoms with Crippen molar-refractivity contribution in [2.75, 3.05) is 13.7 Å². The van der Waals surface area contributed by atoms with Crippen LogP contribution in [0.2, 0.25) is 0 Å². The molecule has 2 aromatic heterocycles. The number of aryl methyl sites for hydroxylation is 1. The highest BCUT2D eigenvalue weighted by molar-refractivity contribution is 5.92. The third-order valence-electron chi connectivity index (χ3n) is 4.84. The molecule has 4 rings (SSSR count). The van der Waals surface area contributed by atoms with Crippen LogP contribution in [0.3, 0.4) is 0 Å². The molecule has 0 unspecified atom stereocenters. The highest BCUT2D eigenvalue weighted by atomic mass is 16.5. The van der Waals surface area contributed by atoms with Crippen molar-refractivity contribution in [1.29, 1.82) is 0 Å². The van der Waals surface area contributed by atoms with Crippen LogP contribution in [0.1, 0.15) is 42.6 Å². The van der Waals surface area contributed by atoms with Crippen molar-refractivity contribution in [2.45, 2.75) is 50.8 Å². The molecule has 9 heteroatoms. The number of rotatable bonds is 5. The van der Waals surface area contributed by atoms with Crippen LogP contribution in [0.5, 0.6) is 17.6 Å². The minimum Gasteiger partial charge on any atom is -0.480 e. The van der Waals surface area contributed by atoms with E-state index < -0.39 is 0 Å². The van der Waals surface area contributed by atoms with Crippen LogP contribution in [-0.2, 0) is 6.54 Å². The third kappa shape index (κ3) is 4.12. The first-order valence-electron chi connectivity index (χ1n) is 9.25. The number of aromatic nitrogens is 4. The number of methoxy groups -OCH3 is 1. The molecule has 2 aliphatic rings. The summed E-state index contributed by atoms with van der Waals surface area (Å²) in [5, 5.41) is 7.40. The molecule has 0 bridgehead atoms. The summed E-state index contributed by atoms with van der Waals surface area (Å²) in [5.41, 5.74) is 0.414. The minimum atomic E-state index is -0.150. The topological polar surface area (TPSA) is 100 Å². The standard InChI is InChI=1S/C18H23N5O4/c1-25-15-10-19-11-16(21-15)27-13-5-3-12(4-6-13)20-18(24)14-9-17-23(22-14)7-2-8-26-17/h9-13H,2-8H2,1H3,(H,20,24). The molecule has 1 aliphatic heterocycles. The van der Waals surface area contributed by atoms with Crippen molar-refractivity contribution in [3.8, 4) is 17.6 Å². The highest BCUT2D eigenvalue weighted by Gasteiger charge is 2.26. The summed E-state index contributed by atoms with van der Waals surface area (Å²) < 4.78 is 18.2. The van der Waals surface area contributed by atoms with Gasteiger partial charge in [0.05, 0.1) is 26.1 Å². The zero-order chi connectivity index (χ0) is 18.6. The molecule has 144 valence electrons. The number of ether oxygens (including phenoxy) is 3. The van der Waals surface area contributed by atoms with E-state index in [-0.39, 0.29) is 18.1 Å². The molecule has 9 nitrogen and oxygen atoms in total. The van der Waals surface area contributed by atoms with Gasteiger partial charge in [-0.2, -0.15) is 10.1 Å². The van der Waals surface area contributed by atoms with Crippen LogP contribution in [0.25, 0.3) is 0 Å². The molecule has 0 radical (unpaired) electrons. The van der Waals surface area contributed by atoms with E-state index in [0.29, 0.717) is 29.9 Å². The minimum absolute atomic E-state index is 0.0628. The lowest BCUT2D eigenvalue weighted by atomic mass is 9.93. The first-order chi connectivity index (χ1) is 13.2. The van der Waals surface area contributed by atoms with Crippen molar-refractivity contribution in [2.24, 2.45) is 0 Å². The van der Waals surface area contributed by atoms with Crippen molar-refractivity contribution < 1.29 is 19.0 Å². The Bertz CT molecular complexity index is 777. The predicted octanol–water partition coefficient (Wildman–Crippen LogP) is 1.58. The molecule has 0 spiro atoms. The third-order valence-corrected chi connectivity index (χ3v) is 4.84. The zero-order valence-corrected chi connectivity index (χ0v) is 15.3. The summed E-state index contributed by atoms with van der Waals surface area (Å²) in [6.07, 6.45) is 7.47. The van der Waals surface area contributed by atoms with Gasteiger partial charge in [0.25, 0.3) is 5.91 Å². The molecule has 3 heterocycles. The fourth-order valence-electron chi connectivity index (χ4n) is 3.42. The Morgan fingerprint density at radius 2 is 2.07 bits per heavy atom. The maximum Gasteiger partial charge on any atom is 0.272 e. The fraction of sp³-hybridized carbons (Fsp3) is 0.556. The summed E-state index contributed by atoms with van der Waals surface area (Å²) >= 11 is 0.